The minimum Gasteiger partial charge on any atom is -0.391 e. The quantitative estimate of drug-likeness (QED) is 0.598. The van der Waals surface area contributed by atoms with E-state index in [9.17, 15) is 5.11 Å². The Labute approximate surface area is 69.0 Å². The van der Waals surface area contributed by atoms with Crippen LogP contribution >= 0.6 is 0 Å². The minimum atomic E-state index is -0.204. The predicted molar refractivity (Wildman–Crippen MR) is 46.5 cm³/mol. The zero-order valence-corrected chi connectivity index (χ0v) is 7.72. The lowest BCUT2D eigenvalue weighted by molar-refractivity contribution is 0.0347. The number of rotatable bonds is 1. The molecule has 1 rings (SSSR count). The highest BCUT2D eigenvalue weighted by Crippen LogP contribution is 2.25. The molecule has 0 bridgehead atoms. The van der Waals surface area contributed by atoms with E-state index in [4.69, 9.17) is 0 Å². The van der Waals surface area contributed by atoms with Crippen LogP contribution in [0.2, 0.25) is 0 Å². The fraction of sp³-hybridized carbons (Fsp3) is 1.00. The zero-order valence-electron chi connectivity index (χ0n) is 7.72. The van der Waals surface area contributed by atoms with E-state index in [1.165, 1.54) is 6.42 Å². The van der Waals surface area contributed by atoms with Crippen molar-refractivity contribution in [1.29, 1.82) is 0 Å². The number of nitrogens with one attached hydrogen (secondary N) is 1. The average molecular weight is 157 g/mol. The molecule has 2 N–H and O–H groups in total. The summed E-state index contributed by atoms with van der Waals surface area (Å²) in [5, 5.41) is 13.1. The van der Waals surface area contributed by atoms with Crippen LogP contribution in [0.3, 0.4) is 0 Å². The molecular weight excluding hydrogens is 138 g/mol. The number of hydrogen-bond donors (Lipinski definition) is 2. The van der Waals surface area contributed by atoms with Crippen molar-refractivity contribution in [3.05, 3.63) is 0 Å². The summed E-state index contributed by atoms with van der Waals surface area (Å²) in [7, 11) is 0. The molecule has 0 amide bonds. The highest BCUT2D eigenvalue weighted by atomic mass is 16.3. The summed E-state index contributed by atoms with van der Waals surface area (Å²) in [4.78, 5) is 0. The van der Waals surface area contributed by atoms with Gasteiger partial charge < -0.3 is 10.4 Å². The Kier molecular flexibility index (Phi) is 2.55. The van der Waals surface area contributed by atoms with Crippen LogP contribution in [0.5, 0.6) is 0 Å². The molecule has 0 saturated carbocycles. The van der Waals surface area contributed by atoms with Crippen molar-refractivity contribution in [2.45, 2.75) is 45.8 Å². The Morgan fingerprint density at radius 1 is 1.45 bits per heavy atom. The van der Waals surface area contributed by atoms with E-state index in [0.717, 1.165) is 13.0 Å². The summed E-state index contributed by atoms with van der Waals surface area (Å²) < 4.78 is 0. The topological polar surface area (TPSA) is 32.3 Å². The first-order valence-corrected chi connectivity index (χ1v) is 4.43. The highest BCUT2D eigenvalue weighted by molar-refractivity contribution is 4.87. The van der Waals surface area contributed by atoms with Gasteiger partial charge in [0.2, 0.25) is 0 Å². The van der Waals surface area contributed by atoms with Gasteiger partial charge >= 0.3 is 0 Å². The largest absolute Gasteiger partial charge is 0.391 e. The van der Waals surface area contributed by atoms with Crippen molar-refractivity contribution in [2.24, 2.45) is 5.41 Å². The number of hydrogen-bond acceptors (Lipinski definition) is 2. The molecule has 1 saturated heterocycles. The molecule has 0 radical (unpaired) electrons. The Balaban J connectivity index is 2.46. The third-order valence-electron chi connectivity index (χ3n) is 2.37. The van der Waals surface area contributed by atoms with Gasteiger partial charge in [0.15, 0.2) is 0 Å². The second-order valence-corrected chi connectivity index (χ2v) is 4.51. The molecule has 1 heterocycles. The summed E-state index contributed by atoms with van der Waals surface area (Å²) in [6.07, 6.45) is 2.13. The molecule has 0 aromatic heterocycles. The van der Waals surface area contributed by atoms with Crippen LogP contribution in [0.4, 0.5) is 0 Å². The van der Waals surface area contributed by atoms with Gasteiger partial charge in [-0.05, 0) is 24.8 Å². The Morgan fingerprint density at radius 3 is 2.45 bits per heavy atom. The molecule has 0 aromatic rings. The fourth-order valence-electron chi connectivity index (χ4n) is 1.58. The van der Waals surface area contributed by atoms with Crippen LogP contribution in [0.15, 0.2) is 0 Å². The van der Waals surface area contributed by atoms with Gasteiger partial charge in [0.05, 0.1) is 6.10 Å². The third-order valence-corrected chi connectivity index (χ3v) is 2.37. The van der Waals surface area contributed by atoms with Crippen LogP contribution in [0.1, 0.15) is 33.6 Å². The predicted octanol–water partition coefficient (Wildman–Crippen LogP) is 1.15. The second-order valence-electron chi connectivity index (χ2n) is 4.51. The van der Waals surface area contributed by atoms with Crippen molar-refractivity contribution in [1.82, 2.24) is 5.32 Å². The summed E-state index contributed by atoms with van der Waals surface area (Å²) >= 11 is 0. The van der Waals surface area contributed by atoms with Gasteiger partial charge in [-0.3, -0.25) is 0 Å². The van der Waals surface area contributed by atoms with E-state index < -0.39 is 0 Å². The van der Waals surface area contributed by atoms with Gasteiger partial charge in [-0.1, -0.05) is 20.8 Å². The molecule has 2 atom stereocenters. The molecule has 1 fully saturated rings. The van der Waals surface area contributed by atoms with Crippen LogP contribution in [0.25, 0.3) is 0 Å². The minimum absolute atomic E-state index is 0.0159. The van der Waals surface area contributed by atoms with Crippen molar-refractivity contribution in [3.63, 3.8) is 0 Å². The number of aliphatic hydroxyl groups is 1. The van der Waals surface area contributed by atoms with Crippen LogP contribution < -0.4 is 5.32 Å². The molecule has 66 valence electrons. The van der Waals surface area contributed by atoms with Crippen LogP contribution in [-0.4, -0.2) is 23.8 Å². The first kappa shape index (κ1) is 9.01. The van der Waals surface area contributed by atoms with Gasteiger partial charge in [0.25, 0.3) is 0 Å². The Hall–Kier alpha value is -0.0800. The smallest absolute Gasteiger partial charge is 0.0741 e. The van der Waals surface area contributed by atoms with Gasteiger partial charge in [-0.25, -0.2) is 0 Å². The van der Waals surface area contributed by atoms with Gasteiger partial charge in [0, 0.05) is 6.04 Å². The average Bonchev–Trinajstić information content (AvgIpc) is 2.34. The van der Waals surface area contributed by atoms with E-state index in [-0.39, 0.29) is 11.5 Å². The first-order valence-electron chi connectivity index (χ1n) is 4.43. The van der Waals surface area contributed by atoms with Crippen molar-refractivity contribution in [2.75, 3.05) is 6.54 Å². The van der Waals surface area contributed by atoms with E-state index >= 15 is 0 Å². The Bertz CT molecular complexity index is 122. The van der Waals surface area contributed by atoms with Gasteiger partial charge in [-0.2, -0.15) is 0 Å². The molecule has 0 aliphatic carbocycles. The maximum atomic E-state index is 9.82. The van der Waals surface area contributed by atoms with Crippen LogP contribution in [-0.2, 0) is 0 Å². The maximum Gasteiger partial charge on any atom is 0.0741 e. The molecule has 2 heteroatoms. The summed E-state index contributed by atoms with van der Waals surface area (Å²) in [5.41, 5.74) is 0.0159. The second kappa shape index (κ2) is 3.11. The molecule has 0 spiro atoms. The summed E-state index contributed by atoms with van der Waals surface area (Å²) in [6, 6.07) is 0.329. The lowest BCUT2D eigenvalue weighted by Crippen LogP contribution is -2.43. The first-order chi connectivity index (χ1) is 5.02. The fourth-order valence-corrected chi connectivity index (χ4v) is 1.58. The molecule has 1 aliphatic heterocycles. The van der Waals surface area contributed by atoms with Crippen LogP contribution in [0, 0.1) is 5.41 Å². The molecule has 1 unspecified atom stereocenters. The molecule has 11 heavy (non-hydrogen) atoms. The highest BCUT2D eigenvalue weighted by Gasteiger charge is 2.31. The standard InChI is InChI=1S/C9H19NO/c1-9(2,3)8(11)7-5-4-6-10-7/h7-8,10-11H,4-6H2,1-3H3/t7-,8?/m0/s1. The summed E-state index contributed by atoms with van der Waals surface area (Å²) in [6.45, 7) is 7.31. The number of aliphatic hydroxyl groups excluding tert-OH is 1. The van der Waals surface area contributed by atoms with E-state index in [2.05, 4.69) is 26.1 Å². The SMILES string of the molecule is CC(C)(C)C(O)[C@@H]1CCCN1. The molecule has 1 aliphatic rings. The van der Waals surface area contributed by atoms with Crippen molar-refractivity contribution < 1.29 is 5.11 Å². The maximum absolute atomic E-state index is 9.82. The van der Waals surface area contributed by atoms with Crippen molar-refractivity contribution >= 4 is 0 Å². The van der Waals surface area contributed by atoms with Crippen molar-refractivity contribution in [3.8, 4) is 0 Å². The van der Waals surface area contributed by atoms with Gasteiger partial charge in [-0.15, -0.1) is 0 Å². The lowest BCUT2D eigenvalue weighted by Gasteiger charge is -2.30. The Morgan fingerprint density at radius 2 is 2.09 bits per heavy atom. The molecule has 0 aromatic carbocycles. The monoisotopic (exact) mass is 157 g/mol. The van der Waals surface area contributed by atoms with Gasteiger partial charge in [0.1, 0.15) is 0 Å². The molecule has 2 nitrogen and oxygen atoms in total. The van der Waals surface area contributed by atoms with E-state index in [1.807, 2.05) is 0 Å². The summed E-state index contributed by atoms with van der Waals surface area (Å²) in [5.74, 6) is 0. The van der Waals surface area contributed by atoms with E-state index in [0.29, 0.717) is 6.04 Å². The normalized spacial score (nSPS) is 28.9. The lowest BCUT2D eigenvalue weighted by atomic mass is 9.84. The third kappa shape index (κ3) is 2.17. The zero-order chi connectivity index (χ0) is 8.48. The molecular formula is C9H19NO. The van der Waals surface area contributed by atoms with E-state index in [1.54, 1.807) is 0 Å².